The van der Waals surface area contributed by atoms with E-state index in [9.17, 15) is 13.2 Å². The lowest BCUT2D eigenvalue weighted by Crippen LogP contribution is -2.41. The van der Waals surface area contributed by atoms with Gasteiger partial charge in [-0.3, -0.25) is 4.79 Å². The van der Waals surface area contributed by atoms with Gasteiger partial charge in [-0.15, -0.1) is 0 Å². The average molecular weight is 464 g/mol. The standard InChI is InChI=1S/C26H29N3O3S/c1-20-12-14-22(15-13-20)19-28-16-5-4-11-25(28)27-26(30)23-9-7-10-24(18-23)33(31,32)29-17-6-3-8-21(29)2/h4-5,7,9-16,18,21H,3,6,8,17,19H2,1-2H3. The molecule has 0 radical (unpaired) electrons. The van der Waals surface area contributed by atoms with Gasteiger partial charge in [0.25, 0.3) is 5.91 Å². The van der Waals surface area contributed by atoms with Gasteiger partial charge >= 0.3 is 0 Å². The molecule has 0 bridgehead atoms. The minimum absolute atomic E-state index is 0.0437. The Morgan fingerprint density at radius 3 is 2.58 bits per heavy atom. The number of hydrogen-bond acceptors (Lipinski definition) is 3. The fourth-order valence-electron chi connectivity index (χ4n) is 4.12. The van der Waals surface area contributed by atoms with Crippen molar-refractivity contribution < 1.29 is 13.2 Å². The Morgan fingerprint density at radius 1 is 1.03 bits per heavy atom. The van der Waals surface area contributed by atoms with Crippen molar-refractivity contribution in [1.82, 2.24) is 8.87 Å². The number of aryl methyl sites for hydroxylation is 1. The Labute approximate surface area is 195 Å². The zero-order valence-corrected chi connectivity index (χ0v) is 19.8. The summed E-state index contributed by atoms with van der Waals surface area (Å²) in [4.78, 5) is 17.4. The molecule has 33 heavy (non-hydrogen) atoms. The van der Waals surface area contributed by atoms with E-state index in [1.54, 1.807) is 28.6 Å². The lowest BCUT2D eigenvalue weighted by Gasteiger charge is -2.32. The minimum atomic E-state index is -3.66. The summed E-state index contributed by atoms with van der Waals surface area (Å²) in [5, 5.41) is 0. The van der Waals surface area contributed by atoms with Gasteiger partial charge in [0.05, 0.1) is 4.90 Å². The molecule has 7 heteroatoms. The lowest BCUT2D eigenvalue weighted by molar-refractivity contribution is 0.0997. The smallest absolute Gasteiger partial charge is 0.278 e. The van der Waals surface area contributed by atoms with Gasteiger partial charge in [-0.1, -0.05) is 48.4 Å². The molecule has 6 nitrogen and oxygen atoms in total. The zero-order valence-electron chi connectivity index (χ0n) is 19.0. The summed E-state index contributed by atoms with van der Waals surface area (Å²) >= 11 is 0. The van der Waals surface area contributed by atoms with Crippen molar-refractivity contribution in [2.75, 3.05) is 6.54 Å². The molecule has 0 N–H and O–H groups in total. The van der Waals surface area contributed by atoms with Gasteiger partial charge in [0, 0.05) is 30.9 Å². The fourth-order valence-corrected chi connectivity index (χ4v) is 5.86. The van der Waals surface area contributed by atoms with E-state index in [-0.39, 0.29) is 16.5 Å². The molecule has 0 saturated carbocycles. The van der Waals surface area contributed by atoms with Crippen molar-refractivity contribution in [3.05, 3.63) is 95.1 Å². The Hall–Kier alpha value is -3.03. The number of hydrogen-bond donors (Lipinski definition) is 0. The second kappa shape index (κ2) is 9.85. The number of nitrogens with zero attached hydrogens (tertiary/aromatic N) is 3. The third kappa shape index (κ3) is 5.31. The predicted molar refractivity (Wildman–Crippen MR) is 128 cm³/mol. The van der Waals surface area contributed by atoms with Crippen LogP contribution in [0.15, 0.2) is 82.8 Å². The molecule has 0 aliphatic carbocycles. The first-order valence-electron chi connectivity index (χ1n) is 11.3. The SMILES string of the molecule is Cc1ccc(Cn2ccccc2=NC(=O)c2cccc(S(=O)(=O)N3CCCCC3C)c2)cc1. The first-order valence-corrected chi connectivity index (χ1v) is 12.7. The van der Waals surface area contributed by atoms with Gasteiger partial charge in [-0.2, -0.15) is 9.30 Å². The van der Waals surface area contributed by atoms with E-state index in [1.807, 2.05) is 36.7 Å². The van der Waals surface area contributed by atoms with Gasteiger partial charge in [-0.25, -0.2) is 8.42 Å². The van der Waals surface area contributed by atoms with E-state index in [2.05, 4.69) is 29.3 Å². The van der Waals surface area contributed by atoms with Gasteiger partial charge in [0.15, 0.2) is 0 Å². The second-order valence-electron chi connectivity index (χ2n) is 8.58. The van der Waals surface area contributed by atoms with Crippen LogP contribution in [-0.2, 0) is 16.6 Å². The molecule has 1 saturated heterocycles. The topological polar surface area (TPSA) is 71.7 Å². The Morgan fingerprint density at radius 2 is 1.82 bits per heavy atom. The molecule has 4 rings (SSSR count). The number of aromatic nitrogens is 1. The average Bonchev–Trinajstić information content (AvgIpc) is 2.82. The number of amides is 1. The van der Waals surface area contributed by atoms with Crippen LogP contribution in [0.5, 0.6) is 0 Å². The zero-order chi connectivity index (χ0) is 23.4. The van der Waals surface area contributed by atoms with Crippen LogP contribution in [0.1, 0.15) is 47.7 Å². The van der Waals surface area contributed by atoms with Gasteiger partial charge in [-0.05, 0) is 62.6 Å². The summed E-state index contributed by atoms with van der Waals surface area (Å²) < 4.78 is 29.8. The number of sulfonamides is 1. The van der Waals surface area contributed by atoms with E-state index in [0.29, 0.717) is 18.6 Å². The van der Waals surface area contributed by atoms with Gasteiger partial charge < -0.3 is 4.57 Å². The first kappa shape index (κ1) is 23.1. The van der Waals surface area contributed by atoms with Crippen molar-refractivity contribution >= 4 is 15.9 Å². The summed E-state index contributed by atoms with van der Waals surface area (Å²) in [5.74, 6) is -0.470. The number of pyridine rings is 1. The molecular weight excluding hydrogens is 434 g/mol. The van der Waals surface area contributed by atoms with Crippen LogP contribution in [0.3, 0.4) is 0 Å². The number of rotatable bonds is 5. The Kier molecular flexibility index (Phi) is 6.91. The van der Waals surface area contributed by atoms with Crippen LogP contribution in [0.25, 0.3) is 0 Å². The highest BCUT2D eigenvalue weighted by molar-refractivity contribution is 7.89. The quantitative estimate of drug-likeness (QED) is 0.571. The molecular formula is C26H29N3O3S. The molecule has 2 aromatic carbocycles. The molecule has 1 amide bonds. The molecule has 1 aliphatic heterocycles. The maximum Gasteiger partial charge on any atom is 0.278 e. The number of piperidine rings is 1. The first-order chi connectivity index (χ1) is 15.8. The third-order valence-corrected chi connectivity index (χ3v) is 8.05. The maximum absolute atomic E-state index is 13.2. The van der Waals surface area contributed by atoms with Crippen LogP contribution < -0.4 is 5.49 Å². The number of benzene rings is 2. The molecule has 1 aromatic heterocycles. The Balaban J connectivity index is 1.63. The van der Waals surface area contributed by atoms with Crippen LogP contribution in [0.2, 0.25) is 0 Å². The monoisotopic (exact) mass is 463 g/mol. The number of carbonyl (C=O) groups excluding carboxylic acids is 1. The summed E-state index contributed by atoms with van der Waals surface area (Å²) in [7, 11) is -3.66. The normalized spacial score (nSPS) is 17.8. The molecule has 1 aliphatic rings. The predicted octanol–water partition coefficient (Wildman–Crippen LogP) is 4.15. The van der Waals surface area contributed by atoms with Crippen LogP contribution in [0.4, 0.5) is 0 Å². The summed E-state index contributed by atoms with van der Waals surface area (Å²) in [6, 6.07) is 19.9. The maximum atomic E-state index is 13.2. The van der Waals surface area contributed by atoms with E-state index >= 15 is 0 Å². The molecule has 1 unspecified atom stereocenters. The number of carbonyl (C=O) groups is 1. The van der Waals surface area contributed by atoms with E-state index in [0.717, 1.165) is 24.8 Å². The van der Waals surface area contributed by atoms with Crippen LogP contribution >= 0.6 is 0 Å². The van der Waals surface area contributed by atoms with Crippen molar-refractivity contribution in [3.63, 3.8) is 0 Å². The van der Waals surface area contributed by atoms with Crippen molar-refractivity contribution in [2.24, 2.45) is 4.99 Å². The van der Waals surface area contributed by atoms with Gasteiger partial charge in [0.2, 0.25) is 10.0 Å². The molecule has 172 valence electrons. The second-order valence-corrected chi connectivity index (χ2v) is 10.5. The third-order valence-electron chi connectivity index (χ3n) is 6.04. The van der Waals surface area contributed by atoms with Crippen molar-refractivity contribution in [2.45, 2.75) is 50.6 Å². The van der Waals surface area contributed by atoms with E-state index < -0.39 is 15.9 Å². The van der Waals surface area contributed by atoms with Gasteiger partial charge in [0.1, 0.15) is 5.49 Å². The highest BCUT2D eigenvalue weighted by atomic mass is 32.2. The molecule has 3 aromatic rings. The molecule has 2 heterocycles. The highest BCUT2D eigenvalue weighted by Gasteiger charge is 2.31. The summed E-state index contributed by atoms with van der Waals surface area (Å²) in [5.41, 5.74) is 3.06. The highest BCUT2D eigenvalue weighted by Crippen LogP contribution is 2.25. The molecule has 1 fully saturated rings. The van der Waals surface area contributed by atoms with Crippen LogP contribution in [-0.4, -0.2) is 35.8 Å². The summed E-state index contributed by atoms with van der Waals surface area (Å²) in [6.07, 6.45) is 4.61. The minimum Gasteiger partial charge on any atom is -0.328 e. The molecule has 0 spiro atoms. The van der Waals surface area contributed by atoms with Crippen LogP contribution in [0, 0.1) is 6.92 Å². The van der Waals surface area contributed by atoms with E-state index in [4.69, 9.17) is 0 Å². The molecule has 1 atom stereocenters. The van der Waals surface area contributed by atoms with E-state index in [1.165, 1.54) is 11.6 Å². The summed E-state index contributed by atoms with van der Waals surface area (Å²) in [6.45, 7) is 5.06. The lowest BCUT2D eigenvalue weighted by atomic mass is 10.1. The fraction of sp³-hybridized carbons (Fsp3) is 0.308. The Bertz CT molecular complexity index is 1310. The van der Waals surface area contributed by atoms with Crippen molar-refractivity contribution in [1.29, 1.82) is 0 Å². The largest absolute Gasteiger partial charge is 0.328 e. The van der Waals surface area contributed by atoms with Crippen molar-refractivity contribution in [3.8, 4) is 0 Å².